The van der Waals surface area contributed by atoms with Gasteiger partial charge < -0.3 is 19.4 Å². The SMILES string of the molecule is CC(C)O.CC(C)O/C=C(/Br)C=O.Cc1ccc(S(=O)(=O)O)cc1.O=CC(Br)C=O. The van der Waals surface area contributed by atoms with E-state index in [9.17, 15) is 22.8 Å². The largest absolute Gasteiger partial charge is 0.497 e. The Bertz CT molecular complexity index is 719. The minimum absolute atomic E-state index is 0.0666. The van der Waals surface area contributed by atoms with E-state index in [2.05, 4.69) is 31.9 Å². The van der Waals surface area contributed by atoms with Crippen LogP contribution in [0.2, 0.25) is 0 Å². The van der Waals surface area contributed by atoms with Crippen LogP contribution in [0.25, 0.3) is 0 Å². The zero-order valence-electron chi connectivity index (χ0n) is 17.4. The zero-order valence-corrected chi connectivity index (χ0v) is 21.3. The van der Waals surface area contributed by atoms with Gasteiger partial charge >= 0.3 is 0 Å². The Labute approximate surface area is 194 Å². The van der Waals surface area contributed by atoms with Crippen LogP contribution < -0.4 is 0 Å². The van der Waals surface area contributed by atoms with Crippen molar-refractivity contribution in [1.82, 2.24) is 0 Å². The number of benzene rings is 1. The molecule has 0 radical (unpaired) electrons. The number of aryl methyl sites for hydroxylation is 1. The Hall–Kier alpha value is -1.40. The van der Waals surface area contributed by atoms with Crippen molar-refractivity contribution in [3.63, 3.8) is 0 Å². The van der Waals surface area contributed by atoms with Crippen LogP contribution in [0.5, 0.6) is 0 Å². The van der Waals surface area contributed by atoms with Gasteiger partial charge in [-0.15, -0.1) is 0 Å². The Morgan fingerprint density at radius 3 is 1.67 bits per heavy atom. The summed E-state index contributed by atoms with van der Waals surface area (Å²) in [5.74, 6) is 0. The molecule has 0 aliphatic rings. The topological polar surface area (TPSA) is 135 Å². The first kappa shape index (κ1) is 33.2. The van der Waals surface area contributed by atoms with Crippen molar-refractivity contribution in [3.05, 3.63) is 40.6 Å². The van der Waals surface area contributed by atoms with Crippen molar-refractivity contribution in [2.45, 2.75) is 56.5 Å². The summed E-state index contributed by atoms with van der Waals surface area (Å²) in [4.78, 5) is 28.2. The molecule has 0 unspecified atom stereocenters. The number of rotatable bonds is 6. The van der Waals surface area contributed by atoms with Gasteiger partial charge in [0.1, 0.15) is 23.7 Å². The van der Waals surface area contributed by atoms with Gasteiger partial charge in [-0.05, 0) is 62.7 Å². The highest BCUT2D eigenvalue weighted by molar-refractivity contribution is 9.12. The molecule has 1 rings (SSSR count). The number of hydrogen-bond acceptors (Lipinski definition) is 7. The molecular weight excluding hydrogens is 548 g/mol. The fourth-order valence-electron chi connectivity index (χ4n) is 0.971. The first-order valence-corrected chi connectivity index (χ1v) is 11.6. The van der Waals surface area contributed by atoms with Gasteiger partial charge in [0.05, 0.1) is 15.5 Å². The van der Waals surface area contributed by atoms with Gasteiger partial charge in [-0.25, -0.2) is 0 Å². The van der Waals surface area contributed by atoms with Crippen LogP contribution in [0.4, 0.5) is 0 Å². The van der Waals surface area contributed by atoms with E-state index in [1.54, 1.807) is 26.0 Å². The molecular formula is C19H28Br2O8S. The maximum atomic E-state index is 10.5. The summed E-state index contributed by atoms with van der Waals surface area (Å²) in [6.45, 7) is 9.07. The molecule has 0 saturated carbocycles. The van der Waals surface area contributed by atoms with Crippen molar-refractivity contribution in [3.8, 4) is 0 Å². The van der Waals surface area contributed by atoms with Crippen LogP contribution in [-0.2, 0) is 29.2 Å². The maximum Gasteiger partial charge on any atom is 0.294 e. The van der Waals surface area contributed by atoms with Crippen molar-refractivity contribution >= 4 is 60.8 Å². The van der Waals surface area contributed by atoms with Crippen LogP contribution in [0.15, 0.2) is 39.9 Å². The number of carbonyl (C=O) groups excluding carboxylic acids is 3. The third-order valence-electron chi connectivity index (χ3n) is 2.14. The van der Waals surface area contributed by atoms with Gasteiger partial charge in [0.25, 0.3) is 10.1 Å². The molecule has 1 aromatic rings. The summed E-state index contributed by atoms with van der Waals surface area (Å²) in [6, 6.07) is 5.99. The number of alkyl halides is 1. The van der Waals surface area contributed by atoms with Crippen molar-refractivity contribution in [1.29, 1.82) is 0 Å². The highest BCUT2D eigenvalue weighted by atomic mass is 79.9. The van der Waals surface area contributed by atoms with Gasteiger partial charge in [0, 0.05) is 6.10 Å². The van der Waals surface area contributed by atoms with Crippen LogP contribution in [-0.4, -0.2) is 54.0 Å². The van der Waals surface area contributed by atoms with E-state index in [4.69, 9.17) is 14.4 Å². The molecule has 0 aliphatic carbocycles. The molecule has 0 saturated heterocycles. The van der Waals surface area contributed by atoms with Crippen molar-refractivity contribution in [2.24, 2.45) is 0 Å². The van der Waals surface area contributed by atoms with Crippen LogP contribution in [0, 0.1) is 6.92 Å². The predicted molar refractivity (Wildman–Crippen MR) is 122 cm³/mol. The number of allylic oxidation sites excluding steroid dienone is 1. The third-order valence-corrected chi connectivity index (χ3v) is 3.82. The Morgan fingerprint density at radius 1 is 1.03 bits per heavy atom. The maximum absolute atomic E-state index is 10.5. The first-order valence-electron chi connectivity index (χ1n) is 8.44. The fourth-order valence-corrected chi connectivity index (χ4v) is 1.56. The quantitative estimate of drug-likeness (QED) is 0.131. The molecule has 0 fully saturated rings. The van der Waals surface area contributed by atoms with E-state index < -0.39 is 14.9 Å². The number of ether oxygens (including phenoxy) is 1. The summed E-state index contributed by atoms with van der Waals surface area (Å²) in [6.07, 6.45) is 3.07. The monoisotopic (exact) mass is 574 g/mol. The van der Waals surface area contributed by atoms with E-state index in [1.807, 2.05) is 20.8 Å². The van der Waals surface area contributed by atoms with Gasteiger partial charge in [0.15, 0.2) is 6.29 Å². The molecule has 0 bridgehead atoms. The van der Waals surface area contributed by atoms with Crippen molar-refractivity contribution in [2.75, 3.05) is 0 Å². The lowest BCUT2D eigenvalue weighted by atomic mass is 10.2. The van der Waals surface area contributed by atoms with Gasteiger partial charge in [-0.3, -0.25) is 9.35 Å². The summed E-state index contributed by atoms with van der Waals surface area (Å²) in [5.41, 5.74) is 0.956. The normalized spacial score (nSPS) is 10.6. The second-order valence-corrected chi connectivity index (χ2v) is 9.30. The van der Waals surface area contributed by atoms with Gasteiger partial charge in [-0.1, -0.05) is 33.6 Å². The van der Waals surface area contributed by atoms with Crippen LogP contribution >= 0.6 is 31.9 Å². The van der Waals surface area contributed by atoms with Crippen LogP contribution in [0.3, 0.4) is 0 Å². The minimum atomic E-state index is -4.02. The summed E-state index contributed by atoms with van der Waals surface area (Å²) in [7, 11) is -4.02. The lowest BCUT2D eigenvalue weighted by molar-refractivity contribution is -0.113. The molecule has 0 atom stereocenters. The highest BCUT2D eigenvalue weighted by Crippen LogP contribution is 2.08. The minimum Gasteiger partial charge on any atom is -0.497 e. The second kappa shape index (κ2) is 19.6. The molecule has 172 valence electrons. The van der Waals surface area contributed by atoms with Gasteiger partial charge in [0.2, 0.25) is 0 Å². The Morgan fingerprint density at radius 2 is 1.43 bits per heavy atom. The summed E-state index contributed by atoms with van der Waals surface area (Å²) < 4.78 is 34.9. The Kier molecular flexibility index (Phi) is 21.7. The van der Waals surface area contributed by atoms with Gasteiger partial charge in [-0.2, -0.15) is 8.42 Å². The fraction of sp³-hybridized carbons (Fsp3) is 0.421. The van der Waals surface area contributed by atoms with E-state index in [0.717, 1.165) is 5.56 Å². The summed E-state index contributed by atoms with van der Waals surface area (Å²) in [5, 5.41) is 8.06. The molecule has 0 aliphatic heterocycles. The molecule has 8 nitrogen and oxygen atoms in total. The number of carbonyl (C=O) groups is 3. The number of halogens is 2. The molecule has 11 heteroatoms. The molecule has 30 heavy (non-hydrogen) atoms. The lowest BCUT2D eigenvalue weighted by Gasteiger charge is -2.01. The number of aldehydes is 3. The molecule has 1 aromatic carbocycles. The Balaban J connectivity index is -0.000000347. The van der Waals surface area contributed by atoms with Crippen molar-refractivity contribution < 1.29 is 37.2 Å². The van der Waals surface area contributed by atoms with E-state index in [-0.39, 0.29) is 17.1 Å². The molecule has 2 N–H and O–H groups in total. The van der Waals surface area contributed by atoms with E-state index >= 15 is 0 Å². The first-order chi connectivity index (χ1) is 13.7. The molecule has 0 aromatic heterocycles. The number of aliphatic hydroxyl groups is 1. The average molecular weight is 576 g/mol. The number of hydrogen-bond donors (Lipinski definition) is 2. The number of aliphatic hydroxyl groups excluding tert-OH is 1. The molecule has 0 spiro atoms. The highest BCUT2D eigenvalue weighted by Gasteiger charge is 2.06. The lowest BCUT2D eigenvalue weighted by Crippen LogP contribution is -1.97. The molecule has 0 amide bonds. The average Bonchev–Trinajstić information content (AvgIpc) is 2.65. The summed E-state index contributed by atoms with van der Waals surface area (Å²) >= 11 is 5.71. The van der Waals surface area contributed by atoms with E-state index in [1.165, 1.54) is 18.4 Å². The second-order valence-electron chi connectivity index (χ2n) is 5.90. The zero-order chi connectivity index (χ0) is 24.3. The molecule has 0 heterocycles. The predicted octanol–water partition coefficient (Wildman–Crippen LogP) is 3.62. The van der Waals surface area contributed by atoms with Crippen LogP contribution in [0.1, 0.15) is 33.3 Å². The third kappa shape index (κ3) is 26.6. The van der Waals surface area contributed by atoms with E-state index in [0.29, 0.717) is 23.3 Å². The standard InChI is InChI=1S/C7H8O3S.C6H9BrO2.C3H3BrO2.C3H8O/c1-6-2-4-7(5-3-6)11(8,9)10;1-5(2)9-4-6(7)3-8;4-3(1-5)2-6;1-3(2)4/h2-5H,1H3,(H,8,9,10);3-5H,1-2H3;1-3H;3-4H,1-2H3/b;6-4+;;. The smallest absolute Gasteiger partial charge is 0.294 e.